The molecule has 32 heavy (non-hydrogen) atoms. The van der Waals surface area contributed by atoms with E-state index in [0.717, 1.165) is 32.1 Å². The molecule has 1 saturated carbocycles. The Balaban J connectivity index is 1.56. The highest BCUT2D eigenvalue weighted by Crippen LogP contribution is 2.57. The predicted octanol–water partition coefficient (Wildman–Crippen LogP) is 5.37. The van der Waals surface area contributed by atoms with Crippen LogP contribution in [0.2, 0.25) is 0 Å². The van der Waals surface area contributed by atoms with Gasteiger partial charge in [0.05, 0.1) is 0 Å². The normalized spacial score (nSPS) is 27.0. The average Bonchev–Trinajstić information content (AvgIpc) is 2.75. The molecule has 0 aromatic heterocycles. The number of carbonyl (C=O) groups is 1. The Morgan fingerprint density at radius 1 is 1.09 bits per heavy atom. The fraction of sp³-hybridized carbons (Fsp3) is 0.519. The van der Waals surface area contributed by atoms with Crippen molar-refractivity contribution < 1.29 is 20.1 Å². The van der Waals surface area contributed by atoms with Crippen LogP contribution in [-0.4, -0.2) is 27.8 Å². The Hall–Kier alpha value is -2.69. The first kappa shape index (κ1) is 22.5. The topological polar surface area (TPSA) is 89.8 Å². The van der Waals surface area contributed by atoms with Crippen LogP contribution in [0, 0.1) is 11.3 Å². The number of carbonyl (C=O) groups excluding carboxylic acids is 1. The quantitative estimate of drug-likeness (QED) is 0.484. The van der Waals surface area contributed by atoms with E-state index in [1.807, 2.05) is 0 Å². The molecule has 3 atom stereocenters. The number of phenolic OH excluding ortho intramolecular Hbond substituents is 3. The highest BCUT2D eigenvalue weighted by molar-refractivity contribution is 5.95. The van der Waals surface area contributed by atoms with Crippen LogP contribution in [0.3, 0.4) is 0 Å². The molecule has 2 aromatic carbocycles. The Morgan fingerprint density at radius 3 is 2.44 bits per heavy atom. The first-order valence-corrected chi connectivity index (χ1v) is 11.7. The van der Waals surface area contributed by atoms with Crippen molar-refractivity contribution in [2.75, 3.05) is 6.54 Å². The number of aryl methyl sites for hydroxylation is 1. The summed E-state index contributed by atoms with van der Waals surface area (Å²) in [7, 11) is 0. The molecule has 1 fully saturated rings. The molecule has 0 bridgehead atoms. The number of phenols is 3. The molecule has 4 rings (SSSR count). The number of aromatic hydroxyl groups is 3. The van der Waals surface area contributed by atoms with E-state index in [9.17, 15) is 20.1 Å². The molecule has 4 N–H and O–H groups in total. The van der Waals surface area contributed by atoms with E-state index < -0.39 is 17.2 Å². The van der Waals surface area contributed by atoms with Crippen molar-refractivity contribution in [3.8, 4) is 17.2 Å². The maximum Gasteiger partial charge on any atom is 0.251 e. The van der Waals surface area contributed by atoms with E-state index in [4.69, 9.17) is 0 Å². The lowest BCUT2D eigenvalue weighted by Gasteiger charge is -2.55. The summed E-state index contributed by atoms with van der Waals surface area (Å²) < 4.78 is 0. The van der Waals surface area contributed by atoms with Crippen molar-refractivity contribution in [1.29, 1.82) is 0 Å². The van der Waals surface area contributed by atoms with Crippen LogP contribution in [0.15, 0.2) is 30.3 Å². The SMILES string of the molecule is CC(C)c1ccc2c(c1)CC[C@H]1[C@](C)(CNC(=O)c3cc(O)c(O)c(O)c3)CCC[C@]21C. The van der Waals surface area contributed by atoms with Gasteiger partial charge in [-0.3, -0.25) is 4.79 Å². The summed E-state index contributed by atoms with van der Waals surface area (Å²) in [5.74, 6) is -0.994. The molecule has 1 amide bonds. The van der Waals surface area contributed by atoms with Crippen molar-refractivity contribution in [3.63, 3.8) is 0 Å². The maximum absolute atomic E-state index is 12.8. The third kappa shape index (κ3) is 3.72. The summed E-state index contributed by atoms with van der Waals surface area (Å²) in [6.07, 6.45) is 5.51. The van der Waals surface area contributed by atoms with Gasteiger partial charge in [-0.15, -0.1) is 0 Å². The zero-order valence-corrected chi connectivity index (χ0v) is 19.5. The number of hydrogen-bond donors (Lipinski definition) is 4. The predicted molar refractivity (Wildman–Crippen MR) is 125 cm³/mol. The summed E-state index contributed by atoms with van der Waals surface area (Å²) in [5, 5.41) is 32.1. The number of fused-ring (bicyclic) bond motifs is 3. The van der Waals surface area contributed by atoms with Crippen LogP contribution in [-0.2, 0) is 11.8 Å². The number of benzene rings is 2. The number of nitrogens with one attached hydrogen (secondary N) is 1. The van der Waals surface area contributed by atoms with Gasteiger partial charge in [-0.05, 0) is 77.2 Å². The second kappa shape index (κ2) is 8.02. The number of rotatable bonds is 4. The van der Waals surface area contributed by atoms with Gasteiger partial charge in [0.2, 0.25) is 0 Å². The van der Waals surface area contributed by atoms with Crippen molar-refractivity contribution in [1.82, 2.24) is 5.32 Å². The lowest BCUT2D eigenvalue weighted by molar-refractivity contribution is 0.0254. The molecule has 0 saturated heterocycles. The van der Waals surface area contributed by atoms with Gasteiger partial charge in [-0.25, -0.2) is 0 Å². The molecule has 2 aliphatic rings. The Labute approximate surface area is 190 Å². The molecule has 5 nitrogen and oxygen atoms in total. The summed E-state index contributed by atoms with van der Waals surface area (Å²) >= 11 is 0. The molecule has 172 valence electrons. The van der Waals surface area contributed by atoms with Gasteiger partial charge >= 0.3 is 0 Å². The molecule has 0 unspecified atom stereocenters. The van der Waals surface area contributed by atoms with Gasteiger partial charge in [0.1, 0.15) is 0 Å². The summed E-state index contributed by atoms with van der Waals surface area (Å²) in [6.45, 7) is 9.70. The maximum atomic E-state index is 12.8. The Kier molecular flexibility index (Phi) is 5.64. The standard InChI is InChI=1S/C27H35NO4/c1-16(2)17-6-8-20-18(12-17)7-9-23-26(3,10-5-11-27(20,23)4)15-28-25(32)19-13-21(29)24(31)22(30)14-19/h6,8,12-14,16,23,29-31H,5,7,9-11,15H2,1-4H3,(H,28,32)/t23-,26-,27+/m0/s1. The van der Waals surface area contributed by atoms with Crippen LogP contribution >= 0.6 is 0 Å². The fourth-order valence-electron chi connectivity index (χ4n) is 6.33. The molecule has 2 aromatic rings. The highest BCUT2D eigenvalue weighted by atomic mass is 16.3. The van der Waals surface area contributed by atoms with E-state index in [2.05, 4.69) is 51.2 Å². The van der Waals surface area contributed by atoms with Crippen molar-refractivity contribution in [3.05, 3.63) is 52.6 Å². The first-order chi connectivity index (χ1) is 15.0. The Morgan fingerprint density at radius 2 is 1.78 bits per heavy atom. The number of hydrogen-bond acceptors (Lipinski definition) is 4. The van der Waals surface area contributed by atoms with Crippen molar-refractivity contribution >= 4 is 5.91 Å². The first-order valence-electron chi connectivity index (χ1n) is 11.7. The fourth-order valence-corrected chi connectivity index (χ4v) is 6.33. The Bertz CT molecular complexity index is 1020. The summed E-state index contributed by atoms with van der Waals surface area (Å²) in [4.78, 5) is 12.8. The molecule has 5 heteroatoms. The zero-order chi connectivity index (χ0) is 23.3. The smallest absolute Gasteiger partial charge is 0.251 e. The van der Waals surface area contributed by atoms with E-state index in [1.54, 1.807) is 0 Å². The largest absolute Gasteiger partial charge is 0.504 e. The highest BCUT2D eigenvalue weighted by Gasteiger charge is 2.51. The molecule has 0 heterocycles. The van der Waals surface area contributed by atoms with E-state index >= 15 is 0 Å². The van der Waals surface area contributed by atoms with Crippen LogP contribution in [0.5, 0.6) is 17.2 Å². The summed E-state index contributed by atoms with van der Waals surface area (Å²) in [5.41, 5.74) is 4.54. The van der Waals surface area contributed by atoms with Gasteiger partial charge < -0.3 is 20.6 Å². The van der Waals surface area contributed by atoms with Gasteiger partial charge in [0.25, 0.3) is 5.91 Å². The van der Waals surface area contributed by atoms with Crippen molar-refractivity contribution in [2.24, 2.45) is 11.3 Å². The molecule has 0 spiro atoms. The van der Waals surface area contributed by atoms with Gasteiger partial charge in [0, 0.05) is 12.1 Å². The minimum Gasteiger partial charge on any atom is -0.504 e. The van der Waals surface area contributed by atoms with Gasteiger partial charge in [0.15, 0.2) is 17.2 Å². The minimum absolute atomic E-state index is 0.0436. The molecule has 0 aliphatic heterocycles. The molecular weight excluding hydrogens is 402 g/mol. The van der Waals surface area contributed by atoms with Gasteiger partial charge in [-0.2, -0.15) is 0 Å². The zero-order valence-electron chi connectivity index (χ0n) is 19.5. The second-order valence-electron chi connectivity index (χ2n) is 10.6. The molecule has 2 aliphatic carbocycles. The molecular formula is C27H35NO4. The van der Waals surface area contributed by atoms with Crippen molar-refractivity contribution in [2.45, 2.75) is 71.1 Å². The lowest BCUT2D eigenvalue weighted by atomic mass is 9.49. The van der Waals surface area contributed by atoms with E-state index in [0.29, 0.717) is 18.4 Å². The van der Waals surface area contributed by atoms with Gasteiger partial charge in [-0.1, -0.05) is 52.3 Å². The number of amides is 1. The lowest BCUT2D eigenvalue weighted by Crippen LogP contribution is -2.53. The minimum atomic E-state index is -0.613. The van der Waals surface area contributed by atoms with E-state index in [-0.39, 0.29) is 22.3 Å². The van der Waals surface area contributed by atoms with Crippen LogP contribution in [0.25, 0.3) is 0 Å². The van der Waals surface area contributed by atoms with E-state index in [1.165, 1.54) is 28.8 Å². The van der Waals surface area contributed by atoms with Crippen LogP contribution < -0.4 is 5.32 Å². The third-order valence-corrected chi connectivity index (χ3v) is 8.15. The third-order valence-electron chi connectivity index (χ3n) is 8.15. The molecule has 0 radical (unpaired) electrons. The summed E-state index contributed by atoms with van der Waals surface area (Å²) in [6, 6.07) is 9.40. The monoisotopic (exact) mass is 437 g/mol. The average molecular weight is 438 g/mol. The van der Waals surface area contributed by atoms with Crippen LogP contribution in [0.1, 0.15) is 86.3 Å². The van der Waals surface area contributed by atoms with Crippen LogP contribution in [0.4, 0.5) is 0 Å². The second-order valence-corrected chi connectivity index (χ2v) is 10.6.